The van der Waals surface area contributed by atoms with Crippen LogP contribution < -0.4 is 0 Å². The number of hydrogen-bond donors (Lipinski definition) is 3. The number of unbranched alkanes of at least 4 members (excludes halogenated alkanes) is 5. The van der Waals surface area contributed by atoms with Crippen LogP contribution in [0.25, 0.3) is 0 Å². The van der Waals surface area contributed by atoms with Crippen LogP contribution in [0.1, 0.15) is 79.1 Å². The molecule has 2 aliphatic rings. The molecule has 32 heavy (non-hydrogen) atoms. The van der Waals surface area contributed by atoms with Gasteiger partial charge in [-0.25, -0.2) is 4.79 Å². The Morgan fingerprint density at radius 3 is 2.47 bits per heavy atom. The maximum atomic E-state index is 12.0. The second-order valence-corrected chi connectivity index (χ2v) is 9.72. The lowest BCUT2D eigenvalue weighted by Gasteiger charge is -2.38. The predicted molar refractivity (Wildman–Crippen MR) is 122 cm³/mol. The van der Waals surface area contributed by atoms with Crippen LogP contribution >= 0.6 is 0 Å². The molecule has 2 aliphatic heterocycles. The van der Waals surface area contributed by atoms with Gasteiger partial charge in [-0.1, -0.05) is 51.5 Å². The van der Waals surface area contributed by atoms with Gasteiger partial charge in [0, 0.05) is 17.9 Å². The molecule has 0 saturated carbocycles. The van der Waals surface area contributed by atoms with E-state index < -0.39 is 24.4 Å². The molecule has 3 N–H and O–H groups in total. The minimum atomic E-state index is -1.03. The fourth-order valence-corrected chi connectivity index (χ4v) is 4.39. The van der Waals surface area contributed by atoms with Crippen LogP contribution in [0.2, 0.25) is 0 Å². The first kappa shape index (κ1) is 27.3. The zero-order valence-corrected chi connectivity index (χ0v) is 20.2. The predicted octanol–water partition coefficient (Wildman–Crippen LogP) is 3.14. The van der Waals surface area contributed by atoms with Crippen molar-refractivity contribution in [2.24, 2.45) is 11.8 Å². The SMILES string of the molecule is CCCCCCCCOC(=O)/C=C(\C)C[C@@H]1OC[C@H](C[C@@H]2O[C@H]2[C@@H](C)[C@H](C)O)[C@@H](O)[C@H]1O. The maximum absolute atomic E-state index is 12.0. The summed E-state index contributed by atoms with van der Waals surface area (Å²) in [5, 5.41) is 30.8. The van der Waals surface area contributed by atoms with Crippen molar-refractivity contribution in [2.75, 3.05) is 13.2 Å². The largest absolute Gasteiger partial charge is 0.463 e. The third-order valence-corrected chi connectivity index (χ3v) is 6.80. The number of rotatable bonds is 14. The molecule has 0 bridgehead atoms. The molecule has 2 rings (SSSR count). The van der Waals surface area contributed by atoms with E-state index in [0.717, 1.165) is 18.4 Å². The van der Waals surface area contributed by atoms with E-state index in [4.69, 9.17) is 14.2 Å². The van der Waals surface area contributed by atoms with Gasteiger partial charge in [0.15, 0.2) is 0 Å². The molecule has 2 fully saturated rings. The smallest absolute Gasteiger partial charge is 0.330 e. The van der Waals surface area contributed by atoms with E-state index in [2.05, 4.69) is 6.92 Å². The molecule has 0 aromatic heterocycles. The van der Waals surface area contributed by atoms with Crippen LogP contribution in [-0.2, 0) is 19.0 Å². The zero-order chi connectivity index (χ0) is 23.7. The van der Waals surface area contributed by atoms with Crippen LogP contribution in [0.15, 0.2) is 11.6 Å². The lowest BCUT2D eigenvalue weighted by atomic mass is 9.85. The van der Waals surface area contributed by atoms with Gasteiger partial charge in [0.2, 0.25) is 0 Å². The fourth-order valence-electron chi connectivity index (χ4n) is 4.39. The lowest BCUT2D eigenvalue weighted by Crippen LogP contribution is -2.50. The Hall–Kier alpha value is -0.990. The van der Waals surface area contributed by atoms with Crippen molar-refractivity contribution in [3.05, 3.63) is 11.6 Å². The molecular formula is C25H44O7. The summed E-state index contributed by atoms with van der Waals surface area (Å²) < 4.78 is 16.8. The molecule has 0 aliphatic carbocycles. The average Bonchev–Trinajstić information content (AvgIpc) is 3.51. The fraction of sp³-hybridized carbons (Fsp3) is 0.880. The van der Waals surface area contributed by atoms with Crippen molar-refractivity contribution < 1.29 is 34.3 Å². The van der Waals surface area contributed by atoms with Crippen molar-refractivity contribution in [3.8, 4) is 0 Å². The number of esters is 1. The van der Waals surface area contributed by atoms with Gasteiger partial charge < -0.3 is 29.5 Å². The third-order valence-electron chi connectivity index (χ3n) is 6.80. The summed E-state index contributed by atoms with van der Waals surface area (Å²) >= 11 is 0. The second-order valence-electron chi connectivity index (χ2n) is 9.72. The standard InChI is InChI=1S/C25H44O7/c1-5-6-7-8-9-10-11-30-22(27)13-16(2)12-20-24(29)23(28)19(15-31-20)14-21-25(32-21)17(3)18(4)26/h13,17-21,23-26,28-29H,5-12,14-15H2,1-4H3/b16-13+/t17-,18-,19-,20-,21-,23+,24-,25-/m0/s1. The molecule has 0 aromatic carbocycles. The highest BCUT2D eigenvalue weighted by atomic mass is 16.6. The van der Waals surface area contributed by atoms with Crippen LogP contribution in [0, 0.1) is 11.8 Å². The average molecular weight is 457 g/mol. The minimum absolute atomic E-state index is 0.00963. The first-order valence-corrected chi connectivity index (χ1v) is 12.4. The number of ether oxygens (including phenoxy) is 3. The monoisotopic (exact) mass is 456 g/mol. The number of hydrogen-bond acceptors (Lipinski definition) is 7. The lowest BCUT2D eigenvalue weighted by molar-refractivity contribution is -0.165. The Bertz CT molecular complexity index is 591. The molecule has 186 valence electrons. The Labute approximate surface area is 193 Å². The van der Waals surface area contributed by atoms with E-state index in [1.54, 1.807) is 13.8 Å². The van der Waals surface area contributed by atoms with Crippen LogP contribution in [0.5, 0.6) is 0 Å². The molecule has 0 unspecified atom stereocenters. The van der Waals surface area contributed by atoms with Gasteiger partial charge in [-0.3, -0.25) is 0 Å². The van der Waals surface area contributed by atoms with Crippen LogP contribution in [-0.4, -0.2) is 71.1 Å². The maximum Gasteiger partial charge on any atom is 0.330 e. The highest BCUT2D eigenvalue weighted by Gasteiger charge is 2.48. The van der Waals surface area contributed by atoms with Crippen molar-refractivity contribution in [2.45, 2.75) is 116 Å². The number of carbonyl (C=O) groups excluding carboxylic acids is 1. The molecule has 2 heterocycles. The third kappa shape index (κ3) is 8.75. The molecule has 8 atom stereocenters. The number of carbonyl (C=O) groups is 1. The summed E-state index contributed by atoms with van der Waals surface area (Å²) in [5.74, 6) is -0.555. The van der Waals surface area contributed by atoms with Crippen LogP contribution in [0.3, 0.4) is 0 Å². The van der Waals surface area contributed by atoms with Gasteiger partial charge in [-0.2, -0.15) is 0 Å². The molecule has 2 saturated heterocycles. The number of epoxide rings is 1. The van der Waals surface area contributed by atoms with Crippen molar-refractivity contribution in [3.63, 3.8) is 0 Å². The van der Waals surface area contributed by atoms with E-state index in [-0.39, 0.29) is 30.0 Å². The summed E-state index contributed by atoms with van der Waals surface area (Å²) in [5.41, 5.74) is 0.754. The molecular weight excluding hydrogens is 412 g/mol. The zero-order valence-electron chi connectivity index (χ0n) is 20.2. The Morgan fingerprint density at radius 2 is 1.78 bits per heavy atom. The van der Waals surface area contributed by atoms with Gasteiger partial charge in [-0.15, -0.1) is 0 Å². The van der Waals surface area contributed by atoms with E-state index in [1.807, 2.05) is 6.92 Å². The van der Waals surface area contributed by atoms with E-state index in [0.29, 0.717) is 26.1 Å². The quantitative estimate of drug-likeness (QED) is 0.159. The van der Waals surface area contributed by atoms with E-state index >= 15 is 0 Å². The Kier molecular flexibility index (Phi) is 11.6. The Morgan fingerprint density at radius 1 is 1.09 bits per heavy atom. The highest BCUT2D eigenvalue weighted by molar-refractivity contribution is 5.82. The van der Waals surface area contributed by atoms with Gasteiger partial charge in [0.05, 0.1) is 43.7 Å². The molecule has 0 amide bonds. The second kappa shape index (κ2) is 13.7. The van der Waals surface area contributed by atoms with Gasteiger partial charge >= 0.3 is 5.97 Å². The van der Waals surface area contributed by atoms with Gasteiger partial charge in [0.25, 0.3) is 0 Å². The first-order valence-electron chi connectivity index (χ1n) is 12.4. The topological polar surface area (TPSA) is 109 Å². The van der Waals surface area contributed by atoms with Gasteiger partial charge in [-0.05, 0) is 33.1 Å². The van der Waals surface area contributed by atoms with Crippen molar-refractivity contribution >= 4 is 5.97 Å². The minimum Gasteiger partial charge on any atom is -0.463 e. The summed E-state index contributed by atoms with van der Waals surface area (Å²) in [6.45, 7) is 8.44. The van der Waals surface area contributed by atoms with Gasteiger partial charge in [0.1, 0.15) is 6.10 Å². The van der Waals surface area contributed by atoms with Crippen molar-refractivity contribution in [1.29, 1.82) is 0 Å². The van der Waals surface area contributed by atoms with E-state index in [9.17, 15) is 20.1 Å². The Balaban J connectivity index is 1.68. The van der Waals surface area contributed by atoms with Crippen molar-refractivity contribution in [1.82, 2.24) is 0 Å². The summed E-state index contributed by atoms with van der Waals surface area (Å²) in [7, 11) is 0. The summed E-state index contributed by atoms with van der Waals surface area (Å²) in [4.78, 5) is 12.0. The number of aliphatic hydroxyl groups excluding tert-OH is 3. The molecule has 7 heteroatoms. The molecule has 7 nitrogen and oxygen atoms in total. The summed E-state index contributed by atoms with van der Waals surface area (Å²) in [6, 6.07) is 0. The summed E-state index contributed by atoms with van der Waals surface area (Å²) in [6.07, 6.45) is 6.26. The van der Waals surface area contributed by atoms with E-state index in [1.165, 1.54) is 31.8 Å². The highest BCUT2D eigenvalue weighted by Crippen LogP contribution is 2.38. The molecule has 0 spiro atoms. The normalized spacial score (nSPS) is 32.4. The number of aliphatic hydroxyl groups is 3. The molecule has 0 aromatic rings. The first-order chi connectivity index (χ1) is 15.2. The van der Waals surface area contributed by atoms with Crippen LogP contribution in [0.4, 0.5) is 0 Å². The molecule has 0 radical (unpaired) electrons.